The zero-order valence-corrected chi connectivity index (χ0v) is 11.0. The summed E-state index contributed by atoms with van der Waals surface area (Å²) < 4.78 is 44.5. The van der Waals surface area contributed by atoms with Gasteiger partial charge in [-0.3, -0.25) is 10.8 Å². The average molecular weight is 285 g/mol. The molecule has 7 heteroatoms. The molecule has 0 spiro atoms. The van der Waals surface area contributed by atoms with Crippen LogP contribution in [0.2, 0.25) is 0 Å². The fraction of sp³-hybridized carbons (Fsp3) is 0.308. The van der Waals surface area contributed by atoms with Gasteiger partial charge in [0.25, 0.3) is 0 Å². The van der Waals surface area contributed by atoms with E-state index in [0.29, 0.717) is 17.1 Å². The smallest absolute Gasteiger partial charge is 0.416 e. The molecule has 2 heterocycles. The van der Waals surface area contributed by atoms with E-state index in [1.165, 1.54) is 0 Å². The molecular weight excluding hydrogens is 271 g/mol. The second-order valence-electron chi connectivity index (χ2n) is 4.43. The predicted molar refractivity (Wildman–Crippen MR) is 66.6 cm³/mol. The van der Waals surface area contributed by atoms with E-state index >= 15 is 0 Å². The Labute approximate surface area is 113 Å². The number of aromatic nitrogens is 1. The molecule has 0 amide bonds. The van der Waals surface area contributed by atoms with Crippen LogP contribution in [0.1, 0.15) is 34.3 Å². The van der Waals surface area contributed by atoms with Gasteiger partial charge in [0.1, 0.15) is 11.5 Å². The summed E-state index contributed by atoms with van der Waals surface area (Å²) in [5.41, 5.74) is 2.15. The molecule has 108 valence electrons. The van der Waals surface area contributed by atoms with Gasteiger partial charge >= 0.3 is 6.18 Å². The summed E-state index contributed by atoms with van der Waals surface area (Å²) in [6.45, 7) is 3.40. The van der Waals surface area contributed by atoms with Gasteiger partial charge in [-0.15, -0.1) is 0 Å². The summed E-state index contributed by atoms with van der Waals surface area (Å²) in [5.74, 6) is 6.56. The number of hydrazine groups is 1. The van der Waals surface area contributed by atoms with Crippen molar-refractivity contribution < 1.29 is 17.6 Å². The van der Waals surface area contributed by atoms with Crippen molar-refractivity contribution in [3.8, 4) is 0 Å². The van der Waals surface area contributed by atoms with Crippen molar-refractivity contribution in [1.82, 2.24) is 10.4 Å². The van der Waals surface area contributed by atoms with Gasteiger partial charge in [-0.25, -0.2) is 5.43 Å². The highest BCUT2D eigenvalue weighted by Crippen LogP contribution is 2.36. The van der Waals surface area contributed by atoms with Gasteiger partial charge in [-0.2, -0.15) is 13.2 Å². The van der Waals surface area contributed by atoms with Gasteiger partial charge < -0.3 is 4.42 Å². The molecule has 0 radical (unpaired) electrons. The van der Waals surface area contributed by atoms with Gasteiger partial charge in [0.05, 0.1) is 11.6 Å². The van der Waals surface area contributed by atoms with E-state index in [0.717, 1.165) is 18.5 Å². The van der Waals surface area contributed by atoms with E-state index < -0.39 is 17.8 Å². The van der Waals surface area contributed by atoms with Crippen LogP contribution >= 0.6 is 0 Å². The zero-order valence-electron chi connectivity index (χ0n) is 11.0. The summed E-state index contributed by atoms with van der Waals surface area (Å²) in [7, 11) is 0. The van der Waals surface area contributed by atoms with Crippen molar-refractivity contribution >= 4 is 0 Å². The third-order valence-corrected chi connectivity index (χ3v) is 3.03. The van der Waals surface area contributed by atoms with E-state index in [1.807, 2.05) is 0 Å². The molecule has 4 nitrogen and oxygen atoms in total. The lowest BCUT2D eigenvalue weighted by molar-refractivity contribution is -0.138. The van der Waals surface area contributed by atoms with E-state index in [-0.39, 0.29) is 5.56 Å². The number of nitrogens with zero attached hydrogens (tertiary/aromatic N) is 1. The normalized spacial score (nSPS) is 13.5. The Balaban J connectivity index is 2.56. The number of pyridine rings is 1. The number of nitrogens with one attached hydrogen (secondary N) is 1. The fourth-order valence-electron chi connectivity index (χ4n) is 2.18. The number of nitrogens with two attached hydrogens (primary N) is 1. The maximum atomic E-state index is 13.0. The Bertz CT molecular complexity index is 607. The summed E-state index contributed by atoms with van der Waals surface area (Å²) in [4.78, 5) is 3.76. The van der Waals surface area contributed by atoms with Crippen molar-refractivity contribution in [2.24, 2.45) is 5.84 Å². The summed E-state index contributed by atoms with van der Waals surface area (Å²) in [6, 6.07) is 1.76. The summed E-state index contributed by atoms with van der Waals surface area (Å²) in [6.07, 6.45) is -2.21. The molecule has 3 N–H and O–H groups in total. The standard InChI is InChI=1S/C13H14F3N3O/c1-7-5-9(8(2)20-7)12(19-17)10-6-18-4-3-11(10)13(14,15)16/h3-6,12,19H,17H2,1-2H3. The lowest BCUT2D eigenvalue weighted by Crippen LogP contribution is -2.31. The molecule has 0 aliphatic carbocycles. The molecule has 1 atom stereocenters. The molecule has 0 saturated heterocycles. The molecule has 0 aromatic carbocycles. The second-order valence-corrected chi connectivity index (χ2v) is 4.43. The van der Waals surface area contributed by atoms with Crippen LogP contribution < -0.4 is 11.3 Å². The molecule has 0 fully saturated rings. The molecule has 2 aromatic heterocycles. The minimum atomic E-state index is -4.47. The van der Waals surface area contributed by atoms with Crippen LogP contribution in [0.25, 0.3) is 0 Å². The molecular formula is C13H14F3N3O. The van der Waals surface area contributed by atoms with Crippen LogP contribution in [0, 0.1) is 13.8 Å². The zero-order chi connectivity index (χ0) is 14.9. The lowest BCUT2D eigenvalue weighted by Gasteiger charge is -2.20. The van der Waals surface area contributed by atoms with Crippen LogP contribution in [-0.2, 0) is 6.18 Å². The van der Waals surface area contributed by atoms with Crippen molar-refractivity contribution in [3.05, 3.63) is 52.7 Å². The number of hydrogen-bond acceptors (Lipinski definition) is 4. The highest BCUT2D eigenvalue weighted by Gasteiger charge is 2.36. The molecule has 2 rings (SSSR count). The Morgan fingerprint density at radius 2 is 2.00 bits per heavy atom. The Hall–Kier alpha value is -1.86. The number of furan rings is 1. The monoisotopic (exact) mass is 285 g/mol. The summed E-state index contributed by atoms with van der Waals surface area (Å²) in [5, 5.41) is 0. The van der Waals surface area contributed by atoms with E-state index in [9.17, 15) is 13.2 Å². The van der Waals surface area contributed by atoms with E-state index in [1.54, 1.807) is 19.9 Å². The van der Waals surface area contributed by atoms with Gasteiger partial charge in [0.2, 0.25) is 0 Å². The minimum Gasteiger partial charge on any atom is -0.466 e. The van der Waals surface area contributed by atoms with Crippen molar-refractivity contribution in [1.29, 1.82) is 0 Å². The molecule has 0 aliphatic heterocycles. The first-order valence-corrected chi connectivity index (χ1v) is 5.88. The average Bonchev–Trinajstić information content (AvgIpc) is 2.69. The van der Waals surface area contributed by atoms with Crippen molar-refractivity contribution in [2.45, 2.75) is 26.1 Å². The molecule has 20 heavy (non-hydrogen) atoms. The van der Waals surface area contributed by atoms with Crippen LogP contribution in [0.15, 0.2) is 28.9 Å². The SMILES string of the molecule is Cc1cc(C(NN)c2cnccc2C(F)(F)F)c(C)o1. The molecule has 2 aromatic rings. The molecule has 0 aliphatic rings. The highest BCUT2D eigenvalue weighted by atomic mass is 19.4. The molecule has 1 unspecified atom stereocenters. The Kier molecular flexibility index (Phi) is 3.82. The fourth-order valence-corrected chi connectivity index (χ4v) is 2.18. The summed E-state index contributed by atoms with van der Waals surface area (Å²) >= 11 is 0. The van der Waals surface area contributed by atoms with Gasteiger partial charge in [-0.05, 0) is 26.0 Å². The van der Waals surface area contributed by atoms with Crippen LogP contribution in [0.3, 0.4) is 0 Å². The van der Waals surface area contributed by atoms with E-state index in [2.05, 4.69) is 10.4 Å². The van der Waals surface area contributed by atoms with Crippen molar-refractivity contribution in [3.63, 3.8) is 0 Å². The Morgan fingerprint density at radius 1 is 1.30 bits per heavy atom. The Morgan fingerprint density at radius 3 is 2.50 bits per heavy atom. The number of alkyl halides is 3. The van der Waals surface area contributed by atoms with Gasteiger partial charge in [0.15, 0.2) is 0 Å². The number of hydrogen-bond donors (Lipinski definition) is 2. The van der Waals surface area contributed by atoms with E-state index in [4.69, 9.17) is 10.3 Å². The van der Waals surface area contributed by atoms with Gasteiger partial charge in [0, 0.05) is 23.5 Å². The first-order valence-electron chi connectivity index (χ1n) is 5.88. The number of halogens is 3. The number of aryl methyl sites for hydroxylation is 2. The van der Waals surface area contributed by atoms with Crippen LogP contribution in [-0.4, -0.2) is 4.98 Å². The van der Waals surface area contributed by atoms with Crippen molar-refractivity contribution in [2.75, 3.05) is 0 Å². The maximum absolute atomic E-state index is 13.0. The molecule has 0 saturated carbocycles. The topological polar surface area (TPSA) is 64.1 Å². The first-order chi connectivity index (χ1) is 9.34. The highest BCUT2D eigenvalue weighted by molar-refractivity contribution is 5.38. The largest absolute Gasteiger partial charge is 0.466 e. The first kappa shape index (κ1) is 14.5. The third kappa shape index (κ3) is 2.68. The van der Waals surface area contributed by atoms with Gasteiger partial charge in [-0.1, -0.05) is 0 Å². The quantitative estimate of drug-likeness (QED) is 0.672. The van der Waals surface area contributed by atoms with Crippen LogP contribution in [0.5, 0.6) is 0 Å². The predicted octanol–water partition coefficient (Wildman–Crippen LogP) is 2.86. The molecule has 0 bridgehead atoms. The maximum Gasteiger partial charge on any atom is 0.416 e. The minimum absolute atomic E-state index is 0.0357. The van der Waals surface area contributed by atoms with Crippen LogP contribution in [0.4, 0.5) is 13.2 Å². The lowest BCUT2D eigenvalue weighted by atomic mass is 9.96. The second kappa shape index (κ2) is 5.26. The third-order valence-electron chi connectivity index (χ3n) is 3.03. The number of rotatable bonds is 3.